The summed E-state index contributed by atoms with van der Waals surface area (Å²) in [4.78, 5) is 15.3. The molecule has 0 radical (unpaired) electrons. The molecule has 0 atom stereocenters. The van der Waals surface area contributed by atoms with Crippen molar-refractivity contribution in [3.8, 4) is 5.75 Å². The smallest absolute Gasteiger partial charge is 0.411 e. The van der Waals surface area contributed by atoms with Crippen molar-refractivity contribution in [2.24, 2.45) is 0 Å². The average Bonchev–Trinajstić information content (AvgIpc) is 3.02. The first-order chi connectivity index (χ1) is 11.2. The van der Waals surface area contributed by atoms with E-state index in [0.717, 1.165) is 28.0 Å². The molecule has 1 aromatic heterocycles. The average molecular weight is 312 g/mol. The highest BCUT2D eigenvalue weighted by Gasteiger charge is 2.06. The van der Waals surface area contributed by atoms with Crippen LogP contribution in [0.5, 0.6) is 5.75 Å². The van der Waals surface area contributed by atoms with Gasteiger partial charge in [-0.25, -0.2) is 9.78 Å². The Morgan fingerprint density at radius 3 is 2.91 bits per heavy atom. The third kappa shape index (κ3) is 3.42. The molecule has 0 aliphatic rings. The van der Waals surface area contributed by atoms with Crippen LogP contribution in [0, 0.1) is 6.92 Å². The fourth-order valence-electron chi connectivity index (χ4n) is 2.18. The van der Waals surface area contributed by atoms with Gasteiger partial charge in [0, 0.05) is 5.69 Å². The fraction of sp³-hybridized carbons (Fsp3) is 0.176. The van der Waals surface area contributed by atoms with Crippen molar-refractivity contribution in [2.45, 2.75) is 13.5 Å². The summed E-state index contributed by atoms with van der Waals surface area (Å²) in [6, 6.07) is 11.2. The molecule has 0 aliphatic heterocycles. The quantitative estimate of drug-likeness (QED) is 0.791. The van der Waals surface area contributed by atoms with E-state index >= 15 is 0 Å². The van der Waals surface area contributed by atoms with Gasteiger partial charge in [-0.2, -0.15) is 0 Å². The van der Waals surface area contributed by atoms with Crippen LogP contribution in [0.25, 0.3) is 11.1 Å². The normalized spacial score (nSPS) is 10.5. The summed E-state index contributed by atoms with van der Waals surface area (Å²) in [6.45, 7) is 2.30. The lowest BCUT2D eigenvalue weighted by molar-refractivity contribution is 0.187. The van der Waals surface area contributed by atoms with Crippen LogP contribution in [0.3, 0.4) is 0 Å². The predicted octanol–water partition coefficient (Wildman–Crippen LogP) is 3.89. The molecule has 6 nitrogen and oxygen atoms in total. The Morgan fingerprint density at radius 2 is 2.13 bits per heavy atom. The van der Waals surface area contributed by atoms with Crippen molar-refractivity contribution in [1.29, 1.82) is 0 Å². The van der Waals surface area contributed by atoms with Crippen LogP contribution in [0.1, 0.15) is 11.1 Å². The number of aromatic nitrogens is 1. The topological polar surface area (TPSA) is 73.6 Å². The molecule has 2 aromatic carbocycles. The number of aryl methyl sites for hydroxylation is 1. The molecule has 1 N–H and O–H groups in total. The molecule has 0 unspecified atom stereocenters. The van der Waals surface area contributed by atoms with Gasteiger partial charge >= 0.3 is 6.09 Å². The van der Waals surface area contributed by atoms with Crippen molar-refractivity contribution in [1.82, 2.24) is 4.98 Å². The van der Waals surface area contributed by atoms with Crippen LogP contribution in [0.2, 0.25) is 0 Å². The number of nitrogens with zero attached hydrogens (tertiary/aromatic N) is 1. The van der Waals surface area contributed by atoms with Crippen molar-refractivity contribution in [3.63, 3.8) is 0 Å². The van der Waals surface area contributed by atoms with E-state index in [1.165, 1.54) is 13.5 Å². The summed E-state index contributed by atoms with van der Waals surface area (Å²) in [5.41, 5.74) is 4.12. The third-order valence-corrected chi connectivity index (χ3v) is 3.42. The lowest BCUT2D eigenvalue weighted by atomic mass is 10.2. The first-order valence-electron chi connectivity index (χ1n) is 7.06. The van der Waals surface area contributed by atoms with E-state index in [2.05, 4.69) is 15.0 Å². The minimum Gasteiger partial charge on any atom is -0.489 e. The number of benzene rings is 2. The van der Waals surface area contributed by atoms with E-state index in [-0.39, 0.29) is 0 Å². The third-order valence-electron chi connectivity index (χ3n) is 3.42. The number of carbonyl (C=O) groups excluding carboxylic acids is 1. The highest BCUT2D eigenvalue weighted by atomic mass is 16.5. The van der Waals surface area contributed by atoms with Crippen LogP contribution in [-0.2, 0) is 11.3 Å². The first kappa shape index (κ1) is 14.9. The number of hydrogen-bond acceptors (Lipinski definition) is 5. The van der Waals surface area contributed by atoms with Gasteiger partial charge in [-0.3, -0.25) is 5.32 Å². The van der Waals surface area contributed by atoms with E-state index in [1.54, 1.807) is 12.1 Å². The van der Waals surface area contributed by atoms with E-state index in [4.69, 9.17) is 9.15 Å². The van der Waals surface area contributed by atoms with Gasteiger partial charge in [0.25, 0.3) is 0 Å². The summed E-state index contributed by atoms with van der Waals surface area (Å²) >= 11 is 0. The van der Waals surface area contributed by atoms with Gasteiger partial charge in [0.05, 0.1) is 7.11 Å². The zero-order valence-electron chi connectivity index (χ0n) is 12.8. The zero-order chi connectivity index (χ0) is 16.2. The number of ether oxygens (including phenoxy) is 2. The minimum absolute atomic E-state index is 0.417. The molecule has 1 amide bonds. The number of carbonyl (C=O) groups is 1. The SMILES string of the molecule is COC(=O)Nc1ccc(OCc2ccc3ncoc3c2)cc1C. The summed E-state index contributed by atoms with van der Waals surface area (Å²) in [5, 5.41) is 2.64. The Morgan fingerprint density at radius 1 is 1.26 bits per heavy atom. The molecule has 3 rings (SSSR count). The van der Waals surface area contributed by atoms with Gasteiger partial charge in [-0.15, -0.1) is 0 Å². The van der Waals surface area contributed by atoms with E-state index in [1.807, 2.05) is 31.2 Å². The van der Waals surface area contributed by atoms with E-state index in [9.17, 15) is 4.79 Å². The highest BCUT2D eigenvalue weighted by Crippen LogP contribution is 2.23. The van der Waals surface area contributed by atoms with E-state index in [0.29, 0.717) is 12.3 Å². The minimum atomic E-state index is -0.498. The van der Waals surface area contributed by atoms with Gasteiger partial charge in [-0.1, -0.05) is 6.07 Å². The molecular weight excluding hydrogens is 296 g/mol. The van der Waals surface area contributed by atoms with Crippen LogP contribution >= 0.6 is 0 Å². The second-order valence-electron chi connectivity index (χ2n) is 5.04. The summed E-state index contributed by atoms with van der Waals surface area (Å²) in [5.74, 6) is 0.718. The Kier molecular flexibility index (Phi) is 4.14. The number of hydrogen-bond donors (Lipinski definition) is 1. The molecule has 0 bridgehead atoms. The maximum absolute atomic E-state index is 11.2. The molecule has 118 valence electrons. The highest BCUT2D eigenvalue weighted by molar-refractivity contribution is 5.85. The van der Waals surface area contributed by atoms with Crippen LogP contribution in [-0.4, -0.2) is 18.2 Å². The van der Waals surface area contributed by atoms with Crippen molar-refractivity contribution >= 4 is 22.9 Å². The molecule has 0 saturated heterocycles. The molecule has 6 heteroatoms. The standard InChI is InChI=1S/C17H16N2O4/c1-11-7-13(4-6-14(11)19-17(20)21-2)22-9-12-3-5-15-16(8-12)23-10-18-15/h3-8,10H,9H2,1-2H3,(H,19,20). The maximum Gasteiger partial charge on any atom is 0.411 e. The Bertz CT molecular complexity index is 841. The fourth-order valence-corrected chi connectivity index (χ4v) is 2.18. The molecule has 23 heavy (non-hydrogen) atoms. The second-order valence-corrected chi connectivity index (χ2v) is 5.04. The van der Waals surface area contributed by atoms with Crippen molar-refractivity contribution in [2.75, 3.05) is 12.4 Å². The van der Waals surface area contributed by atoms with Gasteiger partial charge in [0.2, 0.25) is 0 Å². The predicted molar refractivity (Wildman–Crippen MR) is 85.5 cm³/mol. The Balaban J connectivity index is 1.68. The number of fused-ring (bicyclic) bond motifs is 1. The van der Waals surface area contributed by atoms with E-state index < -0.39 is 6.09 Å². The van der Waals surface area contributed by atoms with Crippen LogP contribution in [0.15, 0.2) is 47.2 Å². The van der Waals surface area contributed by atoms with Gasteiger partial charge in [0.1, 0.15) is 17.9 Å². The molecular formula is C17H16N2O4. The molecule has 0 fully saturated rings. The Hall–Kier alpha value is -3.02. The number of nitrogens with one attached hydrogen (secondary N) is 1. The van der Waals surface area contributed by atoms with Crippen LogP contribution < -0.4 is 10.1 Å². The first-order valence-corrected chi connectivity index (χ1v) is 7.06. The van der Waals surface area contributed by atoms with Gasteiger partial charge in [-0.05, 0) is 48.4 Å². The molecule has 0 aliphatic carbocycles. The summed E-state index contributed by atoms with van der Waals surface area (Å²) in [7, 11) is 1.33. The molecule has 3 aromatic rings. The summed E-state index contributed by atoms with van der Waals surface area (Å²) < 4.78 is 15.6. The van der Waals surface area contributed by atoms with Crippen molar-refractivity contribution < 1.29 is 18.7 Å². The molecule has 0 spiro atoms. The van der Waals surface area contributed by atoms with Crippen LogP contribution in [0.4, 0.5) is 10.5 Å². The lowest BCUT2D eigenvalue weighted by Crippen LogP contribution is -2.11. The largest absolute Gasteiger partial charge is 0.489 e. The van der Waals surface area contributed by atoms with Crippen molar-refractivity contribution in [3.05, 3.63) is 53.9 Å². The number of amides is 1. The monoisotopic (exact) mass is 312 g/mol. The van der Waals surface area contributed by atoms with Gasteiger partial charge < -0.3 is 13.9 Å². The molecule has 0 saturated carbocycles. The molecule has 1 heterocycles. The maximum atomic E-state index is 11.2. The number of methoxy groups -OCH3 is 1. The summed E-state index contributed by atoms with van der Waals surface area (Å²) in [6.07, 6.45) is 0.924. The number of anilines is 1. The second kappa shape index (κ2) is 6.39. The number of rotatable bonds is 4. The van der Waals surface area contributed by atoms with Gasteiger partial charge in [0.15, 0.2) is 12.0 Å². The Labute approximate surface area is 133 Å². The zero-order valence-corrected chi connectivity index (χ0v) is 12.8. The number of oxazole rings is 1. The lowest BCUT2D eigenvalue weighted by Gasteiger charge is -2.11.